The Morgan fingerprint density at radius 2 is 2.00 bits per heavy atom. The van der Waals surface area contributed by atoms with Crippen molar-refractivity contribution >= 4 is 0 Å². The van der Waals surface area contributed by atoms with Gasteiger partial charge in [0.15, 0.2) is 0 Å². The van der Waals surface area contributed by atoms with E-state index in [-0.39, 0.29) is 0 Å². The van der Waals surface area contributed by atoms with Crippen LogP contribution in [-0.4, -0.2) is 22.6 Å². The smallest absolute Gasteiger partial charge is 0.220 e. The van der Waals surface area contributed by atoms with E-state index >= 15 is 0 Å². The first-order valence-corrected chi connectivity index (χ1v) is 8.47. The average molecular weight is 289 g/mol. The fraction of sp³-hybridized carbons (Fsp3) is 0.765. The van der Waals surface area contributed by atoms with Crippen LogP contribution in [0, 0.1) is 5.92 Å². The minimum absolute atomic E-state index is 0.322. The second-order valence-corrected chi connectivity index (χ2v) is 6.64. The predicted octanol–water partition coefficient (Wildman–Crippen LogP) is 2.99. The van der Waals surface area contributed by atoms with Crippen LogP contribution in [-0.2, 0) is 12.8 Å². The topological polar surface area (TPSA) is 61.0 Å². The monoisotopic (exact) mass is 289 g/mol. The molecule has 2 N–H and O–H groups in total. The normalized spacial score (nSPS) is 25.3. The predicted molar refractivity (Wildman–Crippen MR) is 83.6 cm³/mol. The summed E-state index contributed by atoms with van der Waals surface area (Å²) in [6.07, 6.45) is 8.06. The number of nitrogens with two attached hydrogens (primary N) is 1. The molecule has 1 heterocycles. The van der Waals surface area contributed by atoms with Crippen molar-refractivity contribution in [2.75, 3.05) is 6.54 Å². The molecule has 0 spiro atoms. The van der Waals surface area contributed by atoms with Gasteiger partial charge in [-0.1, -0.05) is 13.8 Å². The quantitative estimate of drug-likeness (QED) is 0.874. The lowest BCUT2D eigenvalue weighted by molar-refractivity contribution is 0.193. The summed E-state index contributed by atoms with van der Waals surface area (Å²) in [5.41, 5.74) is 8.06. The van der Waals surface area contributed by atoms with E-state index < -0.39 is 0 Å². The zero-order valence-corrected chi connectivity index (χ0v) is 13.3. The Morgan fingerprint density at radius 1 is 1.19 bits per heavy atom. The molecule has 21 heavy (non-hydrogen) atoms. The molecule has 2 aliphatic carbocycles. The van der Waals surface area contributed by atoms with Crippen LogP contribution < -0.4 is 10.5 Å². The van der Waals surface area contributed by atoms with Crippen molar-refractivity contribution in [3.63, 3.8) is 0 Å². The number of aryl methyl sites for hydroxylation is 1. The van der Waals surface area contributed by atoms with Crippen molar-refractivity contribution in [3.8, 4) is 5.88 Å². The molecule has 1 aromatic heterocycles. The second kappa shape index (κ2) is 6.30. The Hall–Kier alpha value is -1.16. The number of nitrogens with zero attached hydrogens (tertiary/aromatic N) is 2. The molecule has 2 fully saturated rings. The molecule has 0 bridgehead atoms. The summed E-state index contributed by atoms with van der Waals surface area (Å²) in [5, 5.41) is 0. The van der Waals surface area contributed by atoms with E-state index in [9.17, 15) is 0 Å². The SMILES string of the molecule is CCc1nc(C2CC2)nc(OC2CCC(C)C2)c1CCN. The van der Waals surface area contributed by atoms with Gasteiger partial charge in [0.25, 0.3) is 0 Å². The van der Waals surface area contributed by atoms with E-state index in [0.29, 0.717) is 18.6 Å². The van der Waals surface area contributed by atoms with Crippen LogP contribution in [0.15, 0.2) is 0 Å². The molecule has 2 saturated carbocycles. The van der Waals surface area contributed by atoms with Crippen molar-refractivity contribution < 1.29 is 4.74 Å². The van der Waals surface area contributed by atoms with Crippen molar-refractivity contribution in [3.05, 3.63) is 17.1 Å². The van der Waals surface area contributed by atoms with E-state index in [1.54, 1.807) is 0 Å². The highest BCUT2D eigenvalue weighted by Gasteiger charge is 2.30. The maximum atomic E-state index is 6.28. The maximum absolute atomic E-state index is 6.28. The highest BCUT2D eigenvalue weighted by Crippen LogP contribution is 2.40. The Morgan fingerprint density at radius 3 is 2.57 bits per heavy atom. The van der Waals surface area contributed by atoms with Gasteiger partial charge in [-0.05, 0) is 57.4 Å². The zero-order chi connectivity index (χ0) is 14.8. The molecule has 0 saturated heterocycles. The zero-order valence-electron chi connectivity index (χ0n) is 13.3. The van der Waals surface area contributed by atoms with Crippen LogP contribution in [0.25, 0.3) is 0 Å². The third-order valence-corrected chi connectivity index (χ3v) is 4.67. The molecule has 0 amide bonds. The first-order chi connectivity index (χ1) is 10.2. The summed E-state index contributed by atoms with van der Waals surface area (Å²) in [5.74, 6) is 3.15. The van der Waals surface area contributed by atoms with Gasteiger partial charge in [0.2, 0.25) is 5.88 Å². The van der Waals surface area contributed by atoms with Gasteiger partial charge < -0.3 is 10.5 Å². The van der Waals surface area contributed by atoms with Crippen LogP contribution in [0.5, 0.6) is 5.88 Å². The Kier molecular flexibility index (Phi) is 4.43. The van der Waals surface area contributed by atoms with E-state index in [0.717, 1.165) is 54.6 Å². The molecule has 0 aromatic carbocycles. The lowest BCUT2D eigenvalue weighted by Gasteiger charge is -2.18. The van der Waals surface area contributed by atoms with Crippen LogP contribution in [0.4, 0.5) is 0 Å². The fourth-order valence-corrected chi connectivity index (χ4v) is 3.26. The Balaban J connectivity index is 1.88. The summed E-state index contributed by atoms with van der Waals surface area (Å²) >= 11 is 0. The first kappa shape index (κ1) is 14.8. The number of hydrogen-bond acceptors (Lipinski definition) is 4. The minimum Gasteiger partial charge on any atom is -0.474 e. The maximum Gasteiger partial charge on any atom is 0.220 e. The van der Waals surface area contributed by atoms with Crippen LogP contribution >= 0.6 is 0 Å². The molecule has 2 atom stereocenters. The molecular formula is C17H27N3O. The minimum atomic E-state index is 0.322. The summed E-state index contributed by atoms with van der Waals surface area (Å²) in [4.78, 5) is 9.54. The number of aromatic nitrogens is 2. The van der Waals surface area contributed by atoms with Gasteiger partial charge >= 0.3 is 0 Å². The van der Waals surface area contributed by atoms with Crippen LogP contribution in [0.2, 0.25) is 0 Å². The number of hydrogen-bond donors (Lipinski definition) is 1. The number of rotatable bonds is 6. The third-order valence-electron chi connectivity index (χ3n) is 4.67. The summed E-state index contributed by atoms with van der Waals surface area (Å²) < 4.78 is 6.28. The van der Waals surface area contributed by atoms with Crippen molar-refractivity contribution in [1.29, 1.82) is 0 Å². The van der Waals surface area contributed by atoms with E-state index in [2.05, 4.69) is 13.8 Å². The van der Waals surface area contributed by atoms with E-state index in [4.69, 9.17) is 20.4 Å². The van der Waals surface area contributed by atoms with Crippen molar-refractivity contribution in [2.45, 2.75) is 70.8 Å². The molecule has 0 aliphatic heterocycles. The van der Waals surface area contributed by atoms with Gasteiger partial charge in [-0.2, -0.15) is 4.98 Å². The van der Waals surface area contributed by atoms with Gasteiger partial charge in [0.1, 0.15) is 11.9 Å². The first-order valence-electron chi connectivity index (χ1n) is 8.47. The molecular weight excluding hydrogens is 262 g/mol. The molecule has 4 heteroatoms. The second-order valence-electron chi connectivity index (χ2n) is 6.64. The largest absolute Gasteiger partial charge is 0.474 e. The molecule has 3 rings (SSSR count). The van der Waals surface area contributed by atoms with Crippen LogP contribution in [0.3, 0.4) is 0 Å². The molecule has 2 aliphatic rings. The standard InChI is InChI=1S/C17H27N3O/c1-3-15-14(8-9-18)17(20-16(19-15)12-5-6-12)21-13-7-4-11(2)10-13/h11-13H,3-10,18H2,1-2H3. The van der Waals surface area contributed by atoms with Crippen LogP contribution in [0.1, 0.15) is 69.0 Å². The average Bonchev–Trinajstić information content (AvgIpc) is 3.24. The molecule has 4 nitrogen and oxygen atoms in total. The number of ether oxygens (including phenoxy) is 1. The molecule has 0 radical (unpaired) electrons. The fourth-order valence-electron chi connectivity index (χ4n) is 3.26. The molecule has 1 aromatic rings. The Bertz CT molecular complexity index is 499. The van der Waals surface area contributed by atoms with Gasteiger partial charge in [0.05, 0.1) is 5.69 Å². The van der Waals surface area contributed by atoms with E-state index in [1.165, 1.54) is 19.3 Å². The lowest BCUT2D eigenvalue weighted by atomic mass is 10.1. The van der Waals surface area contributed by atoms with Gasteiger partial charge in [-0.3, -0.25) is 0 Å². The third kappa shape index (κ3) is 3.37. The van der Waals surface area contributed by atoms with Gasteiger partial charge in [0, 0.05) is 11.5 Å². The van der Waals surface area contributed by atoms with Crippen molar-refractivity contribution in [1.82, 2.24) is 9.97 Å². The van der Waals surface area contributed by atoms with Gasteiger partial charge in [-0.25, -0.2) is 4.98 Å². The summed E-state index contributed by atoms with van der Waals surface area (Å²) in [7, 11) is 0. The van der Waals surface area contributed by atoms with Gasteiger partial charge in [-0.15, -0.1) is 0 Å². The molecule has 2 unspecified atom stereocenters. The summed E-state index contributed by atoms with van der Waals surface area (Å²) in [6.45, 7) is 5.08. The van der Waals surface area contributed by atoms with E-state index in [1.807, 2.05) is 0 Å². The Labute approximate surface area is 127 Å². The molecule has 116 valence electrons. The van der Waals surface area contributed by atoms with Crippen molar-refractivity contribution in [2.24, 2.45) is 11.7 Å². The highest BCUT2D eigenvalue weighted by molar-refractivity contribution is 5.33. The lowest BCUT2D eigenvalue weighted by Crippen LogP contribution is -2.18. The highest BCUT2D eigenvalue weighted by atomic mass is 16.5. The summed E-state index contributed by atoms with van der Waals surface area (Å²) in [6, 6.07) is 0.